The molecule has 0 aliphatic heterocycles. The molecular weight excluding hydrogens is 248 g/mol. The SMILES string of the molecule is NC1CCC(OC(=O)c2ccc([N+](=O)[O-])cc2)CC1. The largest absolute Gasteiger partial charge is 0.459 e. The minimum Gasteiger partial charge on any atom is -0.459 e. The second kappa shape index (κ2) is 5.79. The molecule has 0 unspecified atom stereocenters. The Morgan fingerprint density at radius 2 is 1.79 bits per heavy atom. The molecule has 102 valence electrons. The van der Waals surface area contributed by atoms with Gasteiger partial charge in [0.25, 0.3) is 5.69 Å². The summed E-state index contributed by atoms with van der Waals surface area (Å²) >= 11 is 0. The standard InChI is InChI=1S/C13H16N2O4/c14-10-3-7-12(8-4-10)19-13(16)9-1-5-11(6-2-9)15(17)18/h1-2,5-6,10,12H,3-4,7-8,14H2. The van der Waals surface area contributed by atoms with Gasteiger partial charge in [0, 0.05) is 18.2 Å². The van der Waals surface area contributed by atoms with Crippen LogP contribution in [0.3, 0.4) is 0 Å². The Kier molecular flexibility index (Phi) is 4.11. The smallest absolute Gasteiger partial charge is 0.338 e. The number of ether oxygens (including phenoxy) is 1. The lowest BCUT2D eigenvalue weighted by Gasteiger charge is -2.25. The molecule has 0 saturated heterocycles. The summed E-state index contributed by atoms with van der Waals surface area (Å²) in [6, 6.07) is 5.62. The Morgan fingerprint density at radius 3 is 2.32 bits per heavy atom. The summed E-state index contributed by atoms with van der Waals surface area (Å²) in [5, 5.41) is 10.5. The molecule has 1 aliphatic rings. The quantitative estimate of drug-likeness (QED) is 0.512. The summed E-state index contributed by atoms with van der Waals surface area (Å²) in [7, 11) is 0. The van der Waals surface area contributed by atoms with Crippen LogP contribution in [0, 0.1) is 10.1 Å². The third-order valence-electron chi connectivity index (χ3n) is 3.31. The minimum absolute atomic E-state index is 0.0415. The highest BCUT2D eigenvalue weighted by Gasteiger charge is 2.22. The Hall–Kier alpha value is -1.95. The summed E-state index contributed by atoms with van der Waals surface area (Å²) in [4.78, 5) is 21.9. The van der Waals surface area contributed by atoms with Gasteiger partial charge in [0.1, 0.15) is 6.10 Å². The van der Waals surface area contributed by atoms with Crippen LogP contribution in [0.25, 0.3) is 0 Å². The summed E-state index contributed by atoms with van der Waals surface area (Å²) in [6.07, 6.45) is 3.18. The molecule has 6 nitrogen and oxygen atoms in total. The highest BCUT2D eigenvalue weighted by atomic mass is 16.6. The van der Waals surface area contributed by atoms with Crippen molar-refractivity contribution in [2.45, 2.75) is 37.8 Å². The molecule has 0 aromatic heterocycles. The van der Waals surface area contributed by atoms with Gasteiger partial charge in [-0.15, -0.1) is 0 Å². The fourth-order valence-electron chi connectivity index (χ4n) is 2.15. The second-order valence-electron chi connectivity index (χ2n) is 4.75. The molecule has 0 heterocycles. The van der Waals surface area contributed by atoms with Crippen LogP contribution in [0.4, 0.5) is 5.69 Å². The van der Waals surface area contributed by atoms with Gasteiger partial charge in [-0.05, 0) is 37.8 Å². The molecule has 2 rings (SSSR count). The predicted molar refractivity (Wildman–Crippen MR) is 68.7 cm³/mol. The Labute approximate surface area is 110 Å². The molecule has 19 heavy (non-hydrogen) atoms. The summed E-state index contributed by atoms with van der Waals surface area (Å²) < 4.78 is 5.36. The molecule has 0 radical (unpaired) electrons. The third-order valence-corrected chi connectivity index (χ3v) is 3.31. The van der Waals surface area contributed by atoms with Gasteiger partial charge in [-0.25, -0.2) is 4.79 Å². The molecule has 0 amide bonds. The van der Waals surface area contributed by atoms with Crippen LogP contribution in [0.1, 0.15) is 36.0 Å². The lowest BCUT2D eigenvalue weighted by Crippen LogP contribution is -2.31. The number of nitrogens with two attached hydrogens (primary N) is 1. The van der Waals surface area contributed by atoms with Crippen LogP contribution in [0.2, 0.25) is 0 Å². The van der Waals surface area contributed by atoms with Crippen molar-refractivity contribution in [3.8, 4) is 0 Å². The van der Waals surface area contributed by atoms with Crippen LogP contribution in [0.5, 0.6) is 0 Å². The number of carbonyl (C=O) groups is 1. The molecule has 1 saturated carbocycles. The highest BCUT2D eigenvalue weighted by molar-refractivity contribution is 5.89. The average Bonchev–Trinajstić information content (AvgIpc) is 2.41. The number of nitrogens with zero attached hydrogens (tertiary/aromatic N) is 1. The maximum absolute atomic E-state index is 11.9. The lowest BCUT2D eigenvalue weighted by molar-refractivity contribution is -0.384. The lowest BCUT2D eigenvalue weighted by atomic mass is 9.94. The zero-order valence-corrected chi connectivity index (χ0v) is 10.5. The first-order valence-electron chi connectivity index (χ1n) is 6.27. The number of nitro groups is 1. The van der Waals surface area contributed by atoms with Gasteiger partial charge in [0.05, 0.1) is 10.5 Å². The van der Waals surface area contributed by atoms with Crippen molar-refractivity contribution in [3.05, 3.63) is 39.9 Å². The monoisotopic (exact) mass is 264 g/mol. The Morgan fingerprint density at radius 1 is 1.21 bits per heavy atom. The number of non-ortho nitro benzene ring substituents is 1. The van der Waals surface area contributed by atoms with E-state index in [-0.39, 0.29) is 17.8 Å². The zero-order valence-electron chi connectivity index (χ0n) is 10.5. The topological polar surface area (TPSA) is 95.5 Å². The van der Waals surface area contributed by atoms with E-state index in [0.29, 0.717) is 5.56 Å². The molecule has 0 atom stereocenters. The average molecular weight is 264 g/mol. The van der Waals surface area contributed by atoms with Crippen LogP contribution in [0.15, 0.2) is 24.3 Å². The van der Waals surface area contributed by atoms with Gasteiger partial charge in [-0.3, -0.25) is 10.1 Å². The molecule has 1 aromatic carbocycles. The van der Waals surface area contributed by atoms with Crippen molar-refractivity contribution in [3.63, 3.8) is 0 Å². The summed E-state index contributed by atoms with van der Waals surface area (Å²) in [5.74, 6) is -0.435. The van der Waals surface area contributed by atoms with E-state index in [1.165, 1.54) is 24.3 Å². The van der Waals surface area contributed by atoms with Gasteiger partial charge < -0.3 is 10.5 Å². The fourth-order valence-corrected chi connectivity index (χ4v) is 2.15. The van der Waals surface area contributed by atoms with E-state index in [4.69, 9.17) is 10.5 Å². The number of hydrogen-bond acceptors (Lipinski definition) is 5. The maximum atomic E-state index is 11.9. The molecule has 0 bridgehead atoms. The maximum Gasteiger partial charge on any atom is 0.338 e. The van der Waals surface area contributed by atoms with Crippen LogP contribution in [-0.4, -0.2) is 23.0 Å². The van der Waals surface area contributed by atoms with Crippen LogP contribution in [-0.2, 0) is 4.74 Å². The van der Waals surface area contributed by atoms with Crippen molar-refractivity contribution in [1.82, 2.24) is 0 Å². The van der Waals surface area contributed by atoms with Crippen molar-refractivity contribution in [2.24, 2.45) is 5.73 Å². The van der Waals surface area contributed by atoms with Crippen molar-refractivity contribution in [2.75, 3.05) is 0 Å². The van der Waals surface area contributed by atoms with Crippen LogP contribution < -0.4 is 5.73 Å². The van der Waals surface area contributed by atoms with Gasteiger partial charge >= 0.3 is 5.97 Å². The van der Waals surface area contributed by atoms with Crippen molar-refractivity contribution >= 4 is 11.7 Å². The van der Waals surface area contributed by atoms with E-state index in [2.05, 4.69) is 0 Å². The van der Waals surface area contributed by atoms with E-state index in [1.54, 1.807) is 0 Å². The van der Waals surface area contributed by atoms with Crippen molar-refractivity contribution < 1.29 is 14.5 Å². The Balaban J connectivity index is 1.94. The third kappa shape index (κ3) is 3.51. The van der Waals surface area contributed by atoms with Crippen LogP contribution >= 0.6 is 0 Å². The zero-order chi connectivity index (χ0) is 13.8. The van der Waals surface area contributed by atoms with Gasteiger partial charge in [0.2, 0.25) is 0 Å². The second-order valence-corrected chi connectivity index (χ2v) is 4.75. The van der Waals surface area contributed by atoms with E-state index >= 15 is 0 Å². The van der Waals surface area contributed by atoms with E-state index in [9.17, 15) is 14.9 Å². The molecule has 0 spiro atoms. The van der Waals surface area contributed by atoms with Gasteiger partial charge in [-0.1, -0.05) is 0 Å². The summed E-state index contributed by atoms with van der Waals surface area (Å²) in [6.45, 7) is 0. The number of esters is 1. The first-order valence-corrected chi connectivity index (χ1v) is 6.27. The number of nitro benzene ring substituents is 1. The van der Waals surface area contributed by atoms with Crippen molar-refractivity contribution in [1.29, 1.82) is 0 Å². The normalized spacial score (nSPS) is 22.8. The number of hydrogen-bond donors (Lipinski definition) is 1. The molecule has 1 aromatic rings. The van der Waals surface area contributed by atoms with Gasteiger partial charge in [0.15, 0.2) is 0 Å². The number of benzene rings is 1. The summed E-state index contributed by atoms with van der Waals surface area (Å²) in [5.41, 5.74) is 6.07. The molecular formula is C13H16N2O4. The van der Waals surface area contributed by atoms with E-state index in [0.717, 1.165) is 25.7 Å². The fraction of sp³-hybridized carbons (Fsp3) is 0.462. The molecule has 1 aliphatic carbocycles. The Bertz CT molecular complexity index is 464. The van der Waals surface area contributed by atoms with E-state index in [1.807, 2.05) is 0 Å². The molecule has 1 fully saturated rings. The molecule has 2 N–H and O–H groups in total. The minimum atomic E-state index is -0.502. The predicted octanol–water partition coefficient (Wildman–Crippen LogP) is 2.02. The highest BCUT2D eigenvalue weighted by Crippen LogP contribution is 2.21. The van der Waals surface area contributed by atoms with Gasteiger partial charge in [-0.2, -0.15) is 0 Å². The molecule has 6 heteroatoms. The van der Waals surface area contributed by atoms with E-state index < -0.39 is 10.9 Å². The first kappa shape index (κ1) is 13.5. The number of rotatable bonds is 3. The number of carbonyl (C=O) groups excluding carboxylic acids is 1. The first-order chi connectivity index (χ1) is 9.06.